The van der Waals surface area contributed by atoms with Gasteiger partial charge in [0.15, 0.2) is 0 Å². The second-order valence-corrected chi connectivity index (χ2v) is 8.05. The van der Waals surface area contributed by atoms with Crippen LogP contribution in [0.3, 0.4) is 0 Å². The summed E-state index contributed by atoms with van der Waals surface area (Å²) in [5.74, 6) is -0.489. The van der Waals surface area contributed by atoms with E-state index in [0.717, 1.165) is 17.6 Å². The van der Waals surface area contributed by atoms with Gasteiger partial charge in [-0.1, -0.05) is 11.6 Å². The zero-order chi connectivity index (χ0) is 15.3. The molecular formula is C15H23FN2OS. The Morgan fingerprint density at radius 2 is 2.15 bits per heavy atom. The van der Waals surface area contributed by atoms with Crippen molar-refractivity contribution in [3.63, 3.8) is 0 Å². The molecule has 2 unspecified atom stereocenters. The number of nitrogens with zero attached hydrogens (tertiary/aromatic N) is 1. The van der Waals surface area contributed by atoms with Crippen molar-refractivity contribution in [2.45, 2.75) is 51.3 Å². The highest BCUT2D eigenvalue weighted by atomic mass is 32.2. The van der Waals surface area contributed by atoms with Gasteiger partial charge in [0.25, 0.3) is 0 Å². The van der Waals surface area contributed by atoms with Gasteiger partial charge in [-0.2, -0.15) is 4.39 Å². The number of halogens is 1. The van der Waals surface area contributed by atoms with E-state index >= 15 is 0 Å². The van der Waals surface area contributed by atoms with Crippen LogP contribution in [-0.4, -0.2) is 20.3 Å². The van der Waals surface area contributed by atoms with Crippen LogP contribution in [0, 0.1) is 5.95 Å². The van der Waals surface area contributed by atoms with Crippen molar-refractivity contribution in [3.05, 3.63) is 42.0 Å². The number of hydrogen-bond donors (Lipinski definition) is 1. The fourth-order valence-electron chi connectivity index (χ4n) is 1.72. The van der Waals surface area contributed by atoms with Crippen LogP contribution in [0.5, 0.6) is 0 Å². The van der Waals surface area contributed by atoms with Crippen LogP contribution in [0.15, 0.2) is 30.5 Å². The second kappa shape index (κ2) is 7.20. The minimum absolute atomic E-state index is 0.000167. The van der Waals surface area contributed by atoms with Gasteiger partial charge in [-0.15, -0.1) is 11.3 Å². The first-order valence-corrected chi connectivity index (χ1v) is 7.76. The Bertz CT molecular complexity index is 442. The van der Waals surface area contributed by atoms with Crippen molar-refractivity contribution in [2.24, 2.45) is 0 Å². The molecule has 0 aliphatic heterocycles. The lowest BCUT2D eigenvalue weighted by molar-refractivity contribution is 0.512. The molecule has 1 rings (SSSR count). The molecule has 0 amide bonds. The Hall–Kier alpha value is -0.910. The van der Waals surface area contributed by atoms with E-state index in [0.29, 0.717) is 6.42 Å². The highest BCUT2D eigenvalue weighted by molar-refractivity contribution is 7.90. The van der Waals surface area contributed by atoms with Crippen LogP contribution in [-0.2, 0) is 17.8 Å². The average molecular weight is 298 g/mol. The van der Waals surface area contributed by atoms with Gasteiger partial charge in [0.1, 0.15) is 4.75 Å². The summed E-state index contributed by atoms with van der Waals surface area (Å²) >= 11 is -1.15. The lowest BCUT2D eigenvalue weighted by Crippen LogP contribution is -2.45. The number of nitrogens with one attached hydrogen (secondary N) is 1. The van der Waals surface area contributed by atoms with Crippen molar-refractivity contribution < 1.29 is 8.94 Å². The van der Waals surface area contributed by atoms with Gasteiger partial charge < -0.3 is 4.55 Å². The Balaban J connectivity index is 2.74. The molecule has 1 heterocycles. The molecule has 20 heavy (non-hydrogen) atoms. The van der Waals surface area contributed by atoms with E-state index in [4.69, 9.17) is 0 Å². The minimum Gasteiger partial charge on any atom is -0.598 e. The van der Waals surface area contributed by atoms with Crippen LogP contribution in [0.25, 0.3) is 0 Å². The zero-order valence-corrected chi connectivity index (χ0v) is 13.4. The molecule has 0 aromatic carbocycles. The maximum Gasteiger partial charge on any atom is 0.212 e. The summed E-state index contributed by atoms with van der Waals surface area (Å²) in [5, 5.41) is 0. The summed E-state index contributed by atoms with van der Waals surface area (Å²) in [4.78, 5) is 3.65. The molecule has 112 valence electrons. The summed E-state index contributed by atoms with van der Waals surface area (Å²) in [5.41, 5.74) is 1.93. The van der Waals surface area contributed by atoms with Gasteiger partial charge in [-0.25, -0.2) is 4.98 Å². The summed E-state index contributed by atoms with van der Waals surface area (Å²) in [7, 11) is 0. The summed E-state index contributed by atoms with van der Waals surface area (Å²) in [6.07, 6.45) is 2.88. The highest BCUT2D eigenvalue weighted by Gasteiger charge is 2.29. The van der Waals surface area contributed by atoms with Gasteiger partial charge in [0, 0.05) is 17.6 Å². The van der Waals surface area contributed by atoms with Gasteiger partial charge in [0.05, 0.1) is 6.04 Å². The molecule has 1 aromatic heterocycles. The van der Waals surface area contributed by atoms with E-state index in [1.54, 1.807) is 6.07 Å². The van der Waals surface area contributed by atoms with Crippen LogP contribution in [0.4, 0.5) is 4.39 Å². The molecule has 0 aliphatic rings. The van der Waals surface area contributed by atoms with Crippen molar-refractivity contribution in [2.75, 3.05) is 0 Å². The largest absolute Gasteiger partial charge is 0.598 e. The third-order valence-electron chi connectivity index (χ3n) is 2.70. The summed E-state index contributed by atoms with van der Waals surface area (Å²) < 4.78 is 27.8. The van der Waals surface area contributed by atoms with Crippen molar-refractivity contribution in [1.82, 2.24) is 9.71 Å². The average Bonchev–Trinajstić information content (AvgIpc) is 2.30. The van der Waals surface area contributed by atoms with E-state index in [9.17, 15) is 8.94 Å². The van der Waals surface area contributed by atoms with Crippen LogP contribution in [0.2, 0.25) is 0 Å². The molecule has 5 heteroatoms. The molecule has 0 saturated carbocycles. The van der Waals surface area contributed by atoms with Crippen LogP contribution < -0.4 is 4.72 Å². The Morgan fingerprint density at radius 1 is 1.50 bits per heavy atom. The van der Waals surface area contributed by atoms with Crippen molar-refractivity contribution in [1.29, 1.82) is 0 Å². The minimum atomic E-state index is -1.15. The molecule has 0 bridgehead atoms. The molecule has 1 aromatic rings. The Morgan fingerprint density at radius 3 is 2.60 bits per heavy atom. The first kappa shape index (κ1) is 17.1. The molecule has 0 fully saturated rings. The molecule has 0 aliphatic carbocycles. The monoisotopic (exact) mass is 298 g/mol. The van der Waals surface area contributed by atoms with E-state index < -0.39 is 17.3 Å². The van der Waals surface area contributed by atoms with Crippen molar-refractivity contribution in [3.8, 4) is 0 Å². The number of rotatable bonds is 6. The first-order chi connectivity index (χ1) is 9.18. The van der Waals surface area contributed by atoms with E-state index in [1.165, 1.54) is 12.3 Å². The van der Waals surface area contributed by atoms with Crippen LogP contribution in [0.1, 0.15) is 39.7 Å². The highest BCUT2D eigenvalue weighted by Crippen LogP contribution is 2.17. The molecular weight excluding hydrogens is 275 g/mol. The fourth-order valence-corrected chi connectivity index (χ4v) is 2.54. The third-order valence-corrected chi connectivity index (χ3v) is 4.36. The first-order valence-electron chi connectivity index (χ1n) is 6.61. The molecule has 0 radical (unpaired) electrons. The molecule has 1 N–H and O–H groups in total. The fraction of sp³-hybridized carbons (Fsp3) is 0.533. The lowest BCUT2D eigenvalue weighted by Gasteiger charge is -2.28. The predicted octanol–water partition coefficient (Wildman–Crippen LogP) is 3.15. The van der Waals surface area contributed by atoms with Gasteiger partial charge in [-0.3, -0.25) is 0 Å². The zero-order valence-electron chi connectivity index (χ0n) is 12.6. The standard InChI is InChI=1S/C15H23FN2OS/c1-11(2)8-13(18-20(19)15(3,4)5)9-12-6-7-14(16)17-10-12/h6-7,10,13,18H,1,8-9H2,2-5H3. The maximum atomic E-state index is 12.8. The predicted molar refractivity (Wildman–Crippen MR) is 82.1 cm³/mol. The third kappa shape index (κ3) is 6.03. The summed E-state index contributed by atoms with van der Waals surface area (Å²) in [6, 6.07) is 3.04. The molecule has 0 saturated heterocycles. The van der Waals surface area contributed by atoms with Gasteiger partial charge in [0.2, 0.25) is 5.95 Å². The topological polar surface area (TPSA) is 48.0 Å². The molecule has 2 atom stereocenters. The quantitative estimate of drug-likeness (QED) is 0.498. The Labute approximate surface area is 124 Å². The molecule has 3 nitrogen and oxygen atoms in total. The molecule has 0 spiro atoms. The van der Waals surface area contributed by atoms with Gasteiger partial charge >= 0.3 is 0 Å². The number of pyridine rings is 1. The van der Waals surface area contributed by atoms with Crippen molar-refractivity contribution >= 4 is 11.4 Å². The SMILES string of the molecule is C=C(C)CC(Cc1ccc(F)nc1)N[S+]([O-])C(C)(C)C. The number of hydrogen-bond acceptors (Lipinski definition) is 3. The van der Waals surface area contributed by atoms with Crippen LogP contribution >= 0.6 is 0 Å². The summed E-state index contributed by atoms with van der Waals surface area (Å²) in [6.45, 7) is 11.6. The maximum absolute atomic E-state index is 12.8. The normalized spacial score (nSPS) is 14.9. The smallest absolute Gasteiger partial charge is 0.212 e. The van der Waals surface area contributed by atoms with Gasteiger partial charge in [-0.05, 0) is 52.2 Å². The lowest BCUT2D eigenvalue weighted by atomic mass is 10.0. The van der Waals surface area contributed by atoms with E-state index in [1.807, 2.05) is 27.7 Å². The second-order valence-electron chi connectivity index (χ2n) is 6.05. The van der Waals surface area contributed by atoms with E-state index in [2.05, 4.69) is 16.3 Å². The Kier molecular flexibility index (Phi) is 6.17. The van der Waals surface area contributed by atoms with E-state index in [-0.39, 0.29) is 10.8 Å². The number of aromatic nitrogens is 1.